The van der Waals surface area contributed by atoms with Crippen molar-refractivity contribution in [3.63, 3.8) is 0 Å². The van der Waals surface area contributed by atoms with E-state index < -0.39 is 0 Å². The van der Waals surface area contributed by atoms with Gasteiger partial charge in [-0.05, 0) is 36.4 Å². The van der Waals surface area contributed by atoms with E-state index in [-0.39, 0.29) is 0 Å². The first-order valence-corrected chi connectivity index (χ1v) is 6.03. The third kappa shape index (κ3) is 4.71. The fraction of sp³-hybridized carbons (Fsp3) is 0.692. The predicted octanol–water partition coefficient (Wildman–Crippen LogP) is 2.95. The molecule has 0 bridgehead atoms. The van der Waals surface area contributed by atoms with Gasteiger partial charge in [0.05, 0.1) is 6.20 Å². The Labute approximate surface area is 98.7 Å². The summed E-state index contributed by atoms with van der Waals surface area (Å²) in [4.78, 5) is 0. The van der Waals surface area contributed by atoms with Crippen molar-refractivity contribution in [1.29, 1.82) is 0 Å². The Hall–Kier alpha value is -0.960. The molecular formula is C13H23N3. The van der Waals surface area contributed by atoms with Crippen LogP contribution in [0.3, 0.4) is 0 Å². The third-order valence-corrected chi connectivity index (χ3v) is 2.64. The number of aromatic nitrogens is 2. The van der Waals surface area contributed by atoms with E-state index in [0.29, 0.717) is 11.5 Å². The highest BCUT2D eigenvalue weighted by Gasteiger charge is 2.16. The molecule has 1 aromatic heterocycles. The first-order valence-electron chi connectivity index (χ1n) is 6.03. The van der Waals surface area contributed by atoms with E-state index in [2.05, 4.69) is 43.2 Å². The number of nitrogens with zero attached hydrogens (tertiary/aromatic N) is 2. The van der Waals surface area contributed by atoms with Crippen LogP contribution in [-0.4, -0.2) is 16.7 Å². The van der Waals surface area contributed by atoms with Crippen LogP contribution >= 0.6 is 0 Å². The van der Waals surface area contributed by atoms with Gasteiger partial charge in [-0.1, -0.05) is 27.7 Å². The normalized spacial score (nSPS) is 13.8. The number of hydrogen-bond donors (Lipinski definition) is 1. The van der Waals surface area contributed by atoms with Gasteiger partial charge in [-0.15, -0.1) is 0 Å². The Morgan fingerprint density at radius 3 is 2.56 bits per heavy atom. The SMILES string of the molecule is CCNC(CCC(C)(C)C)c1ccnnc1. The molecule has 0 aliphatic rings. The van der Waals surface area contributed by atoms with Crippen molar-refractivity contribution in [3.05, 3.63) is 24.0 Å². The smallest absolute Gasteiger partial charge is 0.0544 e. The summed E-state index contributed by atoms with van der Waals surface area (Å²) < 4.78 is 0. The van der Waals surface area contributed by atoms with Crippen molar-refractivity contribution < 1.29 is 0 Å². The Balaban J connectivity index is 2.61. The molecule has 1 rings (SSSR count). The minimum absolute atomic E-state index is 0.383. The van der Waals surface area contributed by atoms with Crippen molar-refractivity contribution in [2.45, 2.75) is 46.6 Å². The summed E-state index contributed by atoms with van der Waals surface area (Å²) in [6.07, 6.45) is 5.96. The van der Waals surface area contributed by atoms with E-state index in [1.807, 2.05) is 12.3 Å². The van der Waals surface area contributed by atoms with Crippen LogP contribution in [0, 0.1) is 5.41 Å². The van der Waals surface area contributed by atoms with Crippen molar-refractivity contribution in [1.82, 2.24) is 15.5 Å². The van der Waals surface area contributed by atoms with Crippen LogP contribution in [-0.2, 0) is 0 Å². The van der Waals surface area contributed by atoms with Gasteiger partial charge in [-0.2, -0.15) is 10.2 Å². The van der Waals surface area contributed by atoms with Gasteiger partial charge in [-0.3, -0.25) is 0 Å². The minimum Gasteiger partial charge on any atom is -0.310 e. The maximum Gasteiger partial charge on any atom is 0.0544 e. The zero-order valence-electron chi connectivity index (χ0n) is 10.8. The lowest BCUT2D eigenvalue weighted by Crippen LogP contribution is -2.22. The molecule has 3 nitrogen and oxygen atoms in total. The maximum atomic E-state index is 3.94. The van der Waals surface area contributed by atoms with Gasteiger partial charge in [-0.25, -0.2) is 0 Å². The molecule has 90 valence electrons. The van der Waals surface area contributed by atoms with E-state index >= 15 is 0 Å². The molecule has 0 amide bonds. The molecule has 1 unspecified atom stereocenters. The Kier molecular flexibility index (Phi) is 4.87. The lowest BCUT2D eigenvalue weighted by atomic mass is 9.87. The number of hydrogen-bond acceptors (Lipinski definition) is 3. The van der Waals surface area contributed by atoms with E-state index in [0.717, 1.165) is 13.0 Å². The molecule has 0 spiro atoms. The van der Waals surface area contributed by atoms with Gasteiger partial charge in [0.2, 0.25) is 0 Å². The van der Waals surface area contributed by atoms with E-state index in [4.69, 9.17) is 0 Å². The second kappa shape index (κ2) is 5.94. The molecule has 1 heterocycles. The van der Waals surface area contributed by atoms with Crippen LogP contribution < -0.4 is 5.32 Å². The topological polar surface area (TPSA) is 37.8 Å². The summed E-state index contributed by atoms with van der Waals surface area (Å²) >= 11 is 0. The molecule has 0 fully saturated rings. The van der Waals surface area contributed by atoms with Crippen LogP contribution in [0.1, 0.15) is 52.1 Å². The third-order valence-electron chi connectivity index (χ3n) is 2.64. The van der Waals surface area contributed by atoms with Gasteiger partial charge in [0, 0.05) is 12.2 Å². The van der Waals surface area contributed by atoms with Crippen LogP contribution in [0.5, 0.6) is 0 Å². The molecule has 1 aromatic rings. The van der Waals surface area contributed by atoms with Crippen LogP contribution in [0.25, 0.3) is 0 Å². The standard InChI is InChI=1S/C13H23N3/c1-5-14-12(6-8-13(2,3)4)11-7-9-15-16-10-11/h7,9-10,12,14H,5-6,8H2,1-4H3. The Morgan fingerprint density at radius 2 is 2.06 bits per heavy atom. The summed E-state index contributed by atoms with van der Waals surface area (Å²) in [6.45, 7) is 9.96. The molecule has 0 saturated carbocycles. The highest BCUT2D eigenvalue weighted by molar-refractivity contribution is 5.11. The molecule has 1 N–H and O–H groups in total. The Morgan fingerprint density at radius 1 is 1.31 bits per heavy atom. The van der Waals surface area contributed by atoms with E-state index in [1.54, 1.807) is 6.20 Å². The average Bonchev–Trinajstić information content (AvgIpc) is 2.24. The summed E-state index contributed by atoms with van der Waals surface area (Å²) in [7, 11) is 0. The molecule has 0 aliphatic carbocycles. The van der Waals surface area contributed by atoms with Gasteiger partial charge >= 0.3 is 0 Å². The van der Waals surface area contributed by atoms with Crippen LogP contribution in [0.15, 0.2) is 18.5 Å². The molecule has 0 aromatic carbocycles. The zero-order chi connectivity index (χ0) is 12.0. The first-order chi connectivity index (χ1) is 7.53. The highest BCUT2D eigenvalue weighted by atomic mass is 15.1. The van der Waals surface area contributed by atoms with Gasteiger partial charge in [0.15, 0.2) is 0 Å². The zero-order valence-corrected chi connectivity index (χ0v) is 10.8. The maximum absolute atomic E-state index is 3.94. The van der Waals surface area contributed by atoms with E-state index in [1.165, 1.54) is 12.0 Å². The minimum atomic E-state index is 0.383. The molecule has 1 atom stereocenters. The summed E-state index contributed by atoms with van der Waals surface area (Å²) in [5.74, 6) is 0. The molecule has 16 heavy (non-hydrogen) atoms. The molecule has 0 aliphatic heterocycles. The fourth-order valence-corrected chi connectivity index (χ4v) is 1.72. The van der Waals surface area contributed by atoms with Gasteiger partial charge in [0.25, 0.3) is 0 Å². The number of nitrogens with one attached hydrogen (secondary N) is 1. The summed E-state index contributed by atoms with van der Waals surface area (Å²) in [5, 5.41) is 11.3. The monoisotopic (exact) mass is 221 g/mol. The Bertz CT molecular complexity index is 290. The quantitative estimate of drug-likeness (QED) is 0.830. The second-order valence-corrected chi connectivity index (χ2v) is 5.39. The first kappa shape index (κ1) is 13.1. The molecule has 0 radical (unpaired) electrons. The van der Waals surface area contributed by atoms with Crippen LogP contribution in [0.2, 0.25) is 0 Å². The molecular weight excluding hydrogens is 198 g/mol. The lowest BCUT2D eigenvalue weighted by molar-refractivity contribution is 0.333. The molecule has 3 heteroatoms. The predicted molar refractivity (Wildman–Crippen MR) is 67.1 cm³/mol. The van der Waals surface area contributed by atoms with Crippen molar-refractivity contribution in [3.8, 4) is 0 Å². The summed E-state index contributed by atoms with van der Waals surface area (Å²) in [5.41, 5.74) is 1.62. The molecule has 0 saturated heterocycles. The van der Waals surface area contributed by atoms with Crippen molar-refractivity contribution >= 4 is 0 Å². The second-order valence-electron chi connectivity index (χ2n) is 5.39. The lowest BCUT2D eigenvalue weighted by Gasteiger charge is -2.23. The van der Waals surface area contributed by atoms with Crippen molar-refractivity contribution in [2.24, 2.45) is 5.41 Å². The van der Waals surface area contributed by atoms with E-state index in [9.17, 15) is 0 Å². The highest BCUT2D eigenvalue weighted by Crippen LogP contribution is 2.26. The summed E-state index contributed by atoms with van der Waals surface area (Å²) in [6, 6.07) is 2.45. The fourth-order valence-electron chi connectivity index (χ4n) is 1.72. The largest absolute Gasteiger partial charge is 0.310 e. The van der Waals surface area contributed by atoms with Crippen LogP contribution in [0.4, 0.5) is 0 Å². The van der Waals surface area contributed by atoms with Gasteiger partial charge < -0.3 is 5.32 Å². The van der Waals surface area contributed by atoms with Crippen molar-refractivity contribution in [2.75, 3.05) is 6.54 Å². The number of rotatable bonds is 5. The average molecular weight is 221 g/mol. The van der Waals surface area contributed by atoms with Gasteiger partial charge in [0.1, 0.15) is 0 Å².